The van der Waals surface area contributed by atoms with E-state index < -0.39 is 0 Å². The average Bonchev–Trinajstić information content (AvgIpc) is 3.91. The third-order valence-electron chi connectivity index (χ3n) is 8.61. The van der Waals surface area contributed by atoms with E-state index in [0.29, 0.717) is 22.4 Å². The van der Waals surface area contributed by atoms with Gasteiger partial charge in [0.1, 0.15) is 0 Å². The van der Waals surface area contributed by atoms with Crippen molar-refractivity contribution in [3.05, 3.63) is 117 Å². The van der Waals surface area contributed by atoms with Crippen molar-refractivity contribution in [2.24, 2.45) is 0 Å². The number of nitrogens with zero attached hydrogens (tertiary/aromatic N) is 6. The number of pyridine rings is 2. The molecule has 8 rings (SSSR count). The number of hydrogen-bond donors (Lipinski definition) is 2. The highest BCUT2D eigenvalue weighted by atomic mass is 79.9. The monoisotopic (exact) mass is 740 g/mol. The molecule has 0 radical (unpaired) electrons. The predicted octanol–water partition coefficient (Wildman–Crippen LogP) is 7.40. The van der Waals surface area contributed by atoms with Crippen molar-refractivity contribution in [2.45, 2.75) is 37.8 Å². The fraction of sp³-hybridized carbons (Fsp3) is 0.235. The van der Waals surface area contributed by atoms with Crippen LogP contribution in [0.3, 0.4) is 0 Å². The summed E-state index contributed by atoms with van der Waals surface area (Å²) >= 11 is 6.91. The van der Waals surface area contributed by atoms with Crippen LogP contribution in [0, 0.1) is 0 Å². The van der Waals surface area contributed by atoms with E-state index in [-0.39, 0.29) is 23.9 Å². The first-order valence-corrected chi connectivity index (χ1v) is 16.7. The average molecular weight is 742 g/mol. The molecular formula is C34H30Br2N8O2. The number of carbonyl (C=O) groups excluding carboxylic acids is 2. The summed E-state index contributed by atoms with van der Waals surface area (Å²) in [5.74, 6) is 0.0667. The first-order valence-electron chi connectivity index (χ1n) is 15.2. The molecule has 4 aromatic heterocycles. The van der Waals surface area contributed by atoms with E-state index in [0.717, 1.165) is 58.5 Å². The summed E-state index contributed by atoms with van der Waals surface area (Å²) in [6.45, 7) is 1.56. The van der Waals surface area contributed by atoms with E-state index in [4.69, 9.17) is 0 Å². The number of H-pyrrole nitrogens is 2. The molecule has 2 amide bonds. The maximum Gasteiger partial charge on any atom is 0.255 e. The van der Waals surface area contributed by atoms with E-state index in [2.05, 4.69) is 86.5 Å². The van der Waals surface area contributed by atoms with Gasteiger partial charge in [0.05, 0.1) is 35.6 Å². The maximum absolute atomic E-state index is 12.9. The minimum Gasteiger partial charge on any atom is -0.332 e. The Morgan fingerprint density at radius 2 is 1.04 bits per heavy atom. The van der Waals surface area contributed by atoms with E-state index in [1.807, 2.05) is 46.2 Å². The lowest BCUT2D eigenvalue weighted by atomic mass is 10.0. The number of benzene rings is 2. The summed E-state index contributed by atoms with van der Waals surface area (Å²) in [4.78, 5) is 38.3. The molecule has 232 valence electrons. The molecule has 46 heavy (non-hydrogen) atoms. The van der Waals surface area contributed by atoms with Gasteiger partial charge in [0.2, 0.25) is 0 Å². The Hall–Kier alpha value is -4.42. The fourth-order valence-corrected chi connectivity index (χ4v) is 6.85. The Balaban J connectivity index is 0.000000147. The molecule has 0 aliphatic carbocycles. The second-order valence-corrected chi connectivity index (χ2v) is 13.3. The number of halogens is 2. The summed E-state index contributed by atoms with van der Waals surface area (Å²) in [5.41, 5.74) is 4.98. The molecule has 2 aliphatic heterocycles. The number of likely N-dealkylation sites (tertiary alicyclic amines) is 2. The minimum atomic E-state index is 0.0334. The van der Waals surface area contributed by atoms with Crippen molar-refractivity contribution < 1.29 is 9.59 Å². The molecule has 6 heterocycles. The molecule has 2 aromatic carbocycles. The van der Waals surface area contributed by atoms with E-state index in [1.54, 1.807) is 24.8 Å². The van der Waals surface area contributed by atoms with Crippen molar-refractivity contribution in [3.8, 4) is 0 Å². The second-order valence-electron chi connectivity index (χ2n) is 11.5. The van der Waals surface area contributed by atoms with Crippen molar-refractivity contribution in [1.82, 2.24) is 40.2 Å². The Morgan fingerprint density at radius 3 is 1.46 bits per heavy atom. The molecular weight excluding hydrogens is 712 g/mol. The number of nitrogens with one attached hydrogen (secondary N) is 2. The first-order chi connectivity index (χ1) is 22.4. The molecule has 2 fully saturated rings. The van der Waals surface area contributed by atoms with Crippen LogP contribution in [0.25, 0.3) is 22.1 Å². The van der Waals surface area contributed by atoms with Crippen LogP contribution in [0.5, 0.6) is 0 Å². The molecule has 2 aliphatic rings. The normalized spacial score (nSPS) is 17.8. The summed E-state index contributed by atoms with van der Waals surface area (Å²) in [5, 5.41) is 15.2. The fourth-order valence-electron chi connectivity index (χ4n) is 6.32. The lowest BCUT2D eigenvalue weighted by Crippen LogP contribution is -2.30. The molecule has 2 N–H and O–H groups in total. The van der Waals surface area contributed by atoms with Gasteiger partial charge in [-0.15, -0.1) is 0 Å². The predicted molar refractivity (Wildman–Crippen MR) is 182 cm³/mol. The molecule has 6 aromatic rings. The van der Waals surface area contributed by atoms with Crippen LogP contribution in [-0.4, -0.2) is 65.1 Å². The standard InChI is InChI=1S/2C17H15BrN4O/c2*18-14-5-3-11(4-6-14)15-2-1-7-22(15)17(23)13-8-12-10-20-21-16(12)19-9-13/h2*3-6,8-10,15H,1-2,7H2,(H,19,20,21)/t2*15-/m10/s1. The van der Waals surface area contributed by atoms with Gasteiger partial charge in [-0.25, -0.2) is 9.97 Å². The molecule has 0 bridgehead atoms. The zero-order chi connectivity index (χ0) is 31.6. The van der Waals surface area contributed by atoms with Gasteiger partial charge < -0.3 is 9.80 Å². The quantitative estimate of drug-likeness (QED) is 0.194. The Morgan fingerprint density at radius 1 is 0.630 bits per heavy atom. The lowest BCUT2D eigenvalue weighted by molar-refractivity contribution is 0.0727. The van der Waals surface area contributed by atoms with Crippen LogP contribution in [0.1, 0.15) is 69.6 Å². The highest BCUT2D eigenvalue weighted by Crippen LogP contribution is 2.35. The Labute approximate surface area is 281 Å². The largest absolute Gasteiger partial charge is 0.332 e. The van der Waals surface area contributed by atoms with Crippen LogP contribution >= 0.6 is 31.9 Å². The zero-order valence-corrected chi connectivity index (χ0v) is 27.9. The van der Waals surface area contributed by atoms with Gasteiger partial charge in [0.15, 0.2) is 11.3 Å². The Bertz CT molecular complexity index is 1860. The van der Waals surface area contributed by atoms with Gasteiger partial charge in [-0.1, -0.05) is 56.1 Å². The number of fused-ring (bicyclic) bond motifs is 2. The molecule has 2 atom stereocenters. The van der Waals surface area contributed by atoms with Crippen LogP contribution in [-0.2, 0) is 0 Å². The number of amides is 2. The van der Waals surface area contributed by atoms with Gasteiger partial charge in [-0.3, -0.25) is 19.8 Å². The van der Waals surface area contributed by atoms with Crippen molar-refractivity contribution in [3.63, 3.8) is 0 Å². The first kappa shape index (κ1) is 30.2. The summed E-state index contributed by atoms with van der Waals surface area (Å²) in [7, 11) is 0. The van der Waals surface area contributed by atoms with Crippen LogP contribution in [0.4, 0.5) is 0 Å². The SMILES string of the molecule is O=C(c1cnc2[nH]ncc2c1)N1CCC[C@@H]1c1ccc(Br)cc1.O=C(c1cnc2[nH]ncc2c1)N1CCC[C@H]1c1ccc(Br)cc1. The molecule has 0 unspecified atom stereocenters. The third kappa shape index (κ3) is 6.19. The highest BCUT2D eigenvalue weighted by molar-refractivity contribution is 9.10. The van der Waals surface area contributed by atoms with E-state index in [1.165, 1.54) is 11.1 Å². The van der Waals surface area contributed by atoms with Gasteiger partial charge in [-0.05, 0) is 73.2 Å². The van der Waals surface area contributed by atoms with E-state index >= 15 is 0 Å². The van der Waals surface area contributed by atoms with Gasteiger partial charge in [0.25, 0.3) is 11.8 Å². The zero-order valence-electron chi connectivity index (χ0n) is 24.7. The van der Waals surface area contributed by atoms with Gasteiger partial charge in [-0.2, -0.15) is 10.2 Å². The van der Waals surface area contributed by atoms with E-state index in [9.17, 15) is 9.59 Å². The van der Waals surface area contributed by atoms with Crippen molar-refractivity contribution in [2.75, 3.05) is 13.1 Å². The topological polar surface area (TPSA) is 124 Å². The summed E-state index contributed by atoms with van der Waals surface area (Å²) in [6, 6.07) is 20.4. The summed E-state index contributed by atoms with van der Waals surface area (Å²) < 4.78 is 2.10. The van der Waals surface area contributed by atoms with Crippen LogP contribution in [0.15, 0.2) is 94.4 Å². The smallest absolute Gasteiger partial charge is 0.255 e. The molecule has 2 saturated heterocycles. The van der Waals surface area contributed by atoms with Gasteiger partial charge in [0, 0.05) is 45.2 Å². The Kier molecular flexibility index (Phi) is 8.63. The number of hydrogen-bond acceptors (Lipinski definition) is 6. The molecule has 12 heteroatoms. The molecule has 10 nitrogen and oxygen atoms in total. The lowest BCUT2D eigenvalue weighted by Gasteiger charge is -2.25. The molecule has 0 saturated carbocycles. The van der Waals surface area contributed by atoms with Crippen LogP contribution < -0.4 is 0 Å². The highest BCUT2D eigenvalue weighted by Gasteiger charge is 2.32. The number of carbonyl (C=O) groups is 2. The van der Waals surface area contributed by atoms with Crippen LogP contribution in [0.2, 0.25) is 0 Å². The van der Waals surface area contributed by atoms with Crippen molar-refractivity contribution >= 4 is 65.7 Å². The second kappa shape index (κ2) is 13.1. The maximum atomic E-state index is 12.9. The van der Waals surface area contributed by atoms with Crippen molar-refractivity contribution in [1.29, 1.82) is 0 Å². The summed E-state index contributed by atoms with van der Waals surface area (Å²) in [6.07, 6.45) is 10.7. The third-order valence-corrected chi connectivity index (χ3v) is 9.67. The van der Waals surface area contributed by atoms with Gasteiger partial charge >= 0.3 is 0 Å². The number of aromatic nitrogens is 6. The molecule has 0 spiro atoms. The minimum absolute atomic E-state index is 0.0334. The number of rotatable bonds is 4. The number of aromatic amines is 2.